The fraction of sp³-hybridized carbons (Fsp3) is 0.300. The van der Waals surface area contributed by atoms with E-state index >= 15 is 0 Å². The van der Waals surface area contributed by atoms with Gasteiger partial charge in [0, 0.05) is 0 Å². The van der Waals surface area contributed by atoms with Crippen molar-refractivity contribution in [3.05, 3.63) is 39.4 Å². The molecule has 1 rings (SSSR count). The number of thiol groups is 1. The average Bonchev–Trinajstić information content (AvgIpc) is 2.27. The van der Waals surface area contributed by atoms with E-state index in [0.29, 0.717) is 11.3 Å². The fourth-order valence-corrected chi connectivity index (χ4v) is 2.30. The number of hydrogen-bond acceptors (Lipinski definition) is 5. The SMILES string of the molecule is CC(O[C](=O)[Pb])c1ccc(CS)cc1[N+](=O)[O-]. The van der Waals surface area contributed by atoms with Gasteiger partial charge in [-0.25, -0.2) is 0 Å². The van der Waals surface area contributed by atoms with Gasteiger partial charge in [0.1, 0.15) is 0 Å². The zero-order valence-corrected chi connectivity index (χ0v) is 13.8. The summed E-state index contributed by atoms with van der Waals surface area (Å²) in [6.07, 6.45) is -0.602. The molecule has 0 amide bonds. The summed E-state index contributed by atoms with van der Waals surface area (Å²) in [4.78, 5) is 21.3. The van der Waals surface area contributed by atoms with Crippen LogP contribution in [0, 0.1) is 10.1 Å². The van der Waals surface area contributed by atoms with Gasteiger partial charge >= 0.3 is 120 Å². The van der Waals surface area contributed by atoms with E-state index in [0.717, 1.165) is 5.56 Å². The maximum absolute atomic E-state index is 10.9. The number of carbonyl (C=O) groups is 1. The Balaban J connectivity index is 3.14. The van der Waals surface area contributed by atoms with Crippen molar-refractivity contribution in [2.24, 2.45) is 0 Å². The molecule has 5 nitrogen and oxygen atoms in total. The summed E-state index contributed by atoms with van der Waals surface area (Å²) in [5.74, 6) is 0.427. The second-order valence-corrected chi connectivity index (χ2v) is 5.26. The molecule has 17 heavy (non-hydrogen) atoms. The van der Waals surface area contributed by atoms with Gasteiger partial charge in [-0.15, -0.1) is 0 Å². The number of ether oxygens (including phenoxy) is 1. The number of hydrogen-bond donors (Lipinski definition) is 1. The molecule has 0 aliphatic heterocycles. The Morgan fingerprint density at radius 2 is 2.29 bits per heavy atom. The second-order valence-electron chi connectivity index (χ2n) is 3.36. The topological polar surface area (TPSA) is 69.4 Å². The van der Waals surface area contributed by atoms with Crippen molar-refractivity contribution >= 4 is 47.6 Å². The number of benzene rings is 1. The quantitative estimate of drug-likeness (QED) is 0.333. The summed E-state index contributed by atoms with van der Waals surface area (Å²) in [5, 5.41) is 10.9. The number of nitro benzene ring substituents is 1. The van der Waals surface area contributed by atoms with Crippen LogP contribution in [0.25, 0.3) is 0 Å². The maximum atomic E-state index is 10.9. The molecule has 89 valence electrons. The number of nitro groups is 1. The first-order chi connectivity index (χ1) is 7.95. The predicted molar refractivity (Wildman–Crippen MR) is 66.4 cm³/mol. The molecule has 0 aliphatic rings. The Hall–Kier alpha value is -0.638. The monoisotopic (exact) mass is 448 g/mol. The van der Waals surface area contributed by atoms with E-state index in [1.807, 2.05) is 0 Å². The van der Waals surface area contributed by atoms with Crippen molar-refractivity contribution in [1.82, 2.24) is 0 Å². The van der Waals surface area contributed by atoms with Gasteiger partial charge < -0.3 is 0 Å². The van der Waals surface area contributed by atoms with Crippen LogP contribution in [0.1, 0.15) is 24.2 Å². The molecule has 1 aromatic rings. The van der Waals surface area contributed by atoms with E-state index in [-0.39, 0.29) is 35.0 Å². The van der Waals surface area contributed by atoms with Gasteiger partial charge in [0.15, 0.2) is 0 Å². The van der Waals surface area contributed by atoms with E-state index in [9.17, 15) is 14.9 Å². The third kappa shape index (κ3) is 3.95. The minimum atomic E-state index is -0.602. The summed E-state index contributed by atoms with van der Waals surface area (Å²) >= 11 is 4.33. The van der Waals surface area contributed by atoms with Crippen LogP contribution in [0.3, 0.4) is 0 Å². The van der Waals surface area contributed by atoms with Crippen LogP contribution in [0.4, 0.5) is 10.5 Å². The van der Waals surface area contributed by atoms with Crippen molar-refractivity contribution in [2.75, 3.05) is 0 Å². The van der Waals surface area contributed by atoms with Gasteiger partial charge in [-0.2, -0.15) is 0 Å². The van der Waals surface area contributed by atoms with Crippen molar-refractivity contribution < 1.29 is 14.5 Å². The molecule has 1 unspecified atom stereocenters. The first kappa shape index (κ1) is 14.4. The summed E-state index contributed by atoms with van der Waals surface area (Å²) in [6, 6.07) is 4.81. The zero-order valence-electron chi connectivity index (χ0n) is 9.04. The van der Waals surface area contributed by atoms with E-state index in [4.69, 9.17) is 4.74 Å². The molecule has 0 spiro atoms. The zero-order chi connectivity index (χ0) is 13.0. The Bertz CT molecular complexity index is 452. The summed E-state index contributed by atoms with van der Waals surface area (Å²) in [7, 11) is 0. The molecule has 0 saturated heterocycles. The molecule has 0 aromatic heterocycles. The number of carbonyl (C=O) groups excluding carboxylic acids is 1. The summed E-state index contributed by atoms with van der Waals surface area (Å²) < 4.78 is 4.67. The van der Waals surface area contributed by atoms with Gasteiger partial charge in [0.05, 0.1) is 0 Å². The molecule has 0 heterocycles. The summed E-state index contributed by atoms with van der Waals surface area (Å²) in [6.45, 7) is 1.62. The third-order valence-electron chi connectivity index (χ3n) is 2.20. The van der Waals surface area contributed by atoms with Crippen LogP contribution in [0.15, 0.2) is 18.2 Å². The predicted octanol–water partition coefficient (Wildman–Crippen LogP) is 2.39. The molecule has 0 saturated carbocycles. The molecular formula is C10H10NO4PbS. The van der Waals surface area contributed by atoms with Gasteiger partial charge in [-0.1, -0.05) is 0 Å². The van der Waals surface area contributed by atoms with E-state index in [1.165, 1.54) is 6.07 Å². The molecule has 0 N–H and O–H groups in total. The van der Waals surface area contributed by atoms with E-state index in [2.05, 4.69) is 12.6 Å². The first-order valence-corrected chi connectivity index (χ1v) is 7.33. The minimum absolute atomic E-state index is 0.0352. The third-order valence-corrected chi connectivity index (χ3v) is 3.02. The van der Waals surface area contributed by atoms with Gasteiger partial charge in [0.25, 0.3) is 0 Å². The molecule has 0 aliphatic carbocycles. The van der Waals surface area contributed by atoms with Crippen molar-refractivity contribution in [3.63, 3.8) is 0 Å². The Kier molecular flexibility index (Phi) is 5.38. The Labute approximate surface area is 120 Å². The van der Waals surface area contributed by atoms with Crippen molar-refractivity contribution in [3.8, 4) is 0 Å². The van der Waals surface area contributed by atoms with Crippen LogP contribution in [-0.4, -0.2) is 34.2 Å². The average molecular weight is 447 g/mol. The normalized spacial score (nSPS) is 11.9. The molecule has 0 bridgehead atoms. The molecule has 1 atom stereocenters. The number of rotatable bonds is 4. The molecule has 0 fully saturated rings. The van der Waals surface area contributed by atoms with Gasteiger partial charge in [0.2, 0.25) is 0 Å². The van der Waals surface area contributed by atoms with Crippen molar-refractivity contribution in [2.45, 2.75) is 18.8 Å². The first-order valence-electron chi connectivity index (χ1n) is 4.76. The second kappa shape index (κ2) is 6.34. The van der Waals surface area contributed by atoms with E-state index < -0.39 is 11.0 Å². The van der Waals surface area contributed by atoms with E-state index in [1.54, 1.807) is 19.1 Å². The molecule has 1 aromatic carbocycles. The summed E-state index contributed by atoms with van der Waals surface area (Å²) in [5.41, 5.74) is 1.13. The standard InChI is InChI=1S/C10H10NO4S.Pb/c1-7(15-6-12)9-3-2-8(5-16)4-10(9)11(13)14;/h2-4,7,16H,5H2,1H3;. The van der Waals surface area contributed by atoms with Crippen LogP contribution < -0.4 is 0 Å². The van der Waals surface area contributed by atoms with Gasteiger partial charge in [-0.3, -0.25) is 0 Å². The molecule has 3 radical (unpaired) electrons. The van der Waals surface area contributed by atoms with Gasteiger partial charge in [-0.05, 0) is 0 Å². The van der Waals surface area contributed by atoms with Crippen molar-refractivity contribution in [1.29, 1.82) is 0 Å². The molecular weight excluding hydrogens is 437 g/mol. The molecule has 7 heteroatoms. The Morgan fingerprint density at radius 3 is 2.76 bits per heavy atom. The van der Waals surface area contributed by atoms with Crippen LogP contribution in [0.5, 0.6) is 0 Å². The fourth-order valence-electron chi connectivity index (χ4n) is 1.41. The van der Waals surface area contributed by atoms with Crippen LogP contribution >= 0.6 is 12.6 Å². The van der Waals surface area contributed by atoms with Crippen LogP contribution in [0.2, 0.25) is 0 Å². The number of nitrogens with zero attached hydrogens (tertiary/aromatic N) is 1. The van der Waals surface area contributed by atoms with Crippen LogP contribution in [-0.2, 0) is 10.5 Å². The Morgan fingerprint density at radius 1 is 1.65 bits per heavy atom.